The van der Waals surface area contributed by atoms with E-state index in [0.29, 0.717) is 0 Å². The highest BCUT2D eigenvalue weighted by atomic mass is 79.9. The molecule has 0 saturated heterocycles. The minimum absolute atomic E-state index is 0.187. The summed E-state index contributed by atoms with van der Waals surface area (Å²) in [4.78, 5) is 7.06. The molecule has 0 spiro atoms. The van der Waals surface area contributed by atoms with E-state index in [-0.39, 0.29) is 6.04 Å². The van der Waals surface area contributed by atoms with E-state index in [9.17, 15) is 0 Å². The van der Waals surface area contributed by atoms with Crippen LogP contribution in [-0.4, -0.2) is 12.0 Å². The molecule has 2 nitrogen and oxygen atoms in total. The van der Waals surface area contributed by atoms with Crippen molar-refractivity contribution in [1.29, 1.82) is 0 Å². The molecule has 4 heteroatoms. The Balaban J connectivity index is 2.32. The predicted molar refractivity (Wildman–Crippen MR) is 71.9 cm³/mol. The third-order valence-electron chi connectivity index (χ3n) is 2.38. The Bertz CT molecular complexity index is 464. The molecule has 0 fully saturated rings. The minimum atomic E-state index is 0.187. The van der Waals surface area contributed by atoms with E-state index in [1.165, 1.54) is 9.75 Å². The number of hydrogen-bond donors (Lipinski definition) is 1. The van der Waals surface area contributed by atoms with Gasteiger partial charge >= 0.3 is 0 Å². The van der Waals surface area contributed by atoms with Crippen molar-refractivity contribution in [2.24, 2.45) is 0 Å². The summed E-state index contributed by atoms with van der Waals surface area (Å²) in [6.45, 7) is 2.12. The predicted octanol–water partition coefficient (Wildman–Crippen LogP) is 3.52. The van der Waals surface area contributed by atoms with Gasteiger partial charge < -0.3 is 5.32 Å². The van der Waals surface area contributed by atoms with E-state index in [1.54, 1.807) is 11.3 Å². The lowest BCUT2D eigenvalue weighted by atomic mass is 10.1. The molecular weight excluding hydrogens is 284 g/mol. The summed E-state index contributed by atoms with van der Waals surface area (Å²) in [6.07, 6.45) is 1.83. The van der Waals surface area contributed by atoms with Gasteiger partial charge in [0.2, 0.25) is 0 Å². The van der Waals surface area contributed by atoms with Crippen LogP contribution < -0.4 is 5.32 Å². The highest BCUT2D eigenvalue weighted by Crippen LogP contribution is 2.27. The van der Waals surface area contributed by atoms with Gasteiger partial charge in [-0.05, 0) is 54.2 Å². The van der Waals surface area contributed by atoms with Crippen molar-refractivity contribution in [3.8, 4) is 0 Å². The molecule has 0 bridgehead atoms. The summed E-state index contributed by atoms with van der Waals surface area (Å²) in [7, 11) is 1.96. The number of pyridine rings is 1. The highest BCUT2D eigenvalue weighted by Gasteiger charge is 2.14. The van der Waals surface area contributed by atoms with E-state index >= 15 is 0 Å². The number of nitrogens with zero attached hydrogens (tertiary/aromatic N) is 1. The lowest BCUT2D eigenvalue weighted by Gasteiger charge is -2.13. The summed E-state index contributed by atoms with van der Waals surface area (Å²) in [5, 5.41) is 3.30. The second kappa shape index (κ2) is 5.08. The van der Waals surface area contributed by atoms with Crippen molar-refractivity contribution >= 4 is 27.3 Å². The maximum Gasteiger partial charge on any atom is 0.0842 e. The van der Waals surface area contributed by atoms with Crippen LogP contribution in [-0.2, 0) is 0 Å². The van der Waals surface area contributed by atoms with Gasteiger partial charge in [0.1, 0.15) is 0 Å². The maximum atomic E-state index is 4.43. The smallest absolute Gasteiger partial charge is 0.0842 e. The molecule has 0 aliphatic rings. The zero-order chi connectivity index (χ0) is 11.5. The van der Waals surface area contributed by atoms with Crippen LogP contribution in [0.4, 0.5) is 0 Å². The molecule has 1 atom stereocenters. The van der Waals surface area contributed by atoms with Crippen LogP contribution >= 0.6 is 27.3 Å². The number of aromatic nitrogens is 1. The first-order valence-electron chi connectivity index (χ1n) is 5.06. The van der Waals surface area contributed by atoms with Crippen LogP contribution in [0.15, 0.2) is 34.9 Å². The zero-order valence-electron chi connectivity index (χ0n) is 9.20. The van der Waals surface area contributed by atoms with E-state index < -0.39 is 0 Å². The van der Waals surface area contributed by atoms with Gasteiger partial charge in [-0.2, -0.15) is 0 Å². The largest absolute Gasteiger partial charge is 0.307 e. The zero-order valence-corrected chi connectivity index (χ0v) is 11.6. The molecule has 16 heavy (non-hydrogen) atoms. The van der Waals surface area contributed by atoms with E-state index in [4.69, 9.17) is 0 Å². The van der Waals surface area contributed by atoms with E-state index in [1.807, 2.05) is 25.4 Å². The van der Waals surface area contributed by atoms with Crippen molar-refractivity contribution in [3.05, 3.63) is 50.4 Å². The van der Waals surface area contributed by atoms with E-state index in [0.717, 1.165) is 10.2 Å². The van der Waals surface area contributed by atoms with Crippen LogP contribution in [0.5, 0.6) is 0 Å². The first kappa shape index (κ1) is 11.8. The van der Waals surface area contributed by atoms with Gasteiger partial charge in [-0.25, -0.2) is 0 Å². The van der Waals surface area contributed by atoms with Crippen molar-refractivity contribution in [2.45, 2.75) is 13.0 Å². The highest BCUT2D eigenvalue weighted by molar-refractivity contribution is 9.10. The summed E-state index contributed by atoms with van der Waals surface area (Å²) < 4.78 is 1.01. The first-order chi connectivity index (χ1) is 7.70. The van der Waals surface area contributed by atoms with Crippen LogP contribution in [0.1, 0.15) is 21.5 Å². The Kier molecular flexibility index (Phi) is 3.74. The Morgan fingerprint density at radius 2 is 2.12 bits per heavy atom. The third kappa shape index (κ3) is 2.51. The molecule has 84 valence electrons. The molecule has 0 radical (unpaired) electrons. The van der Waals surface area contributed by atoms with Gasteiger partial charge in [-0.15, -0.1) is 11.3 Å². The molecule has 1 unspecified atom stereocenters. The SMILES string of the molecule is CNC(c1ccc(Br)cn1)c1ccc(C)s1. The molecule has 2 heterocycles. The molecule has 2 aromatic rings. The second-order valence-electron chi connectivity index (χ2n) is 3.57. The van der Waals surface area contributed by atoms with E-state index in [2.05, 4.69) is 45.3 Å². The number of aryl methyl sites for hydroxylation is 1. The molecule has 1 N–H and O–H groups in total. The number of nitrogens with one attached hydrogen (secondary N) is 1. The van der Waals surface area contributed by atoms with Gasteiger partial charge in [0.25, 0.3) is 0 Å². The van der Waals surface area contributed by atoms with Gasteiger partial charge in [0.15, 0.2) is 0 Å². The van der Waals surface area contributed by atoms with Gasteiger partial charge in [-0.3, -0.25) is 4.98 Å². The monoisotopic (exact) mass is 296 g/mol. The van der Waals surface area contributed by atoms with Crippen LogP contribution in [0.2, 0.25) is 0 Å². The lowest BCUT2D eigenvalue weighted by Crippen LogP contribution is -2.17. The fraction of sp³-hybridized carbons (Fsp3) is 0.250. The first-order valence-corrected chi connectivity index (χ1v) is 6.66. The molecule has 0 aliphatic carbocycles. The quantitative estimate of drug-likeness (QED) is 0.937. The van der Waals surface area contributed by atoms with Gasteiger partial charge in [-0.1, -0.05) is 0 Å². The molecule has 0 aromatic carbocycles. The lowest BCUT2D eigenvalue weighted by molar-refractivity contribution is 0.682. The molecule has 0 aliphatic heterocycles. The normalized spacial score (nSPS) is 12.7. The summed E-state index contributed by atoms with van der Waals surface area (Å²) in [5.41, 5.74) is 1.05. The number of rotatable bonds is 3. The number of halogens is 1. The van der Waals surface area contributed by atoms with Crippen molar-refractivity contribution in [3.63, 3.8) is 0 Å². The summed E-state index contributed by atoms with van der Waals surface area (Å²) >= 11 is 5.20. The minimum Gasteiger partial charge on any atom is -0.307 e. The number of hydrogen-bond acceptors (Lipinski definition) is 3. The fourth-order valence-electron chi connectivity index (χ4n) is 1.60. The second-order valence-corrected chi connectivity index (χ2v) is 5.81. The standard InChI is InChI=1S/C12H13BrN2S/c1-8-3-6-11(16-8)12(14-2)10-5-4-9(13)7-15-10/h3-7,12,14H,1-2H3. The Labute approximate surface area is 108 Å². The Morgan fingerprint density at radius 1 is 1.31 bits per heavy atom. The summed E-state index contributed by atoms with van der Waals surface area (Å²) in [6, 6.07) is 8.55. The Morgan fingerprint density at radius 3 is 2.62 bits per heavy atom. The molecule has 2 aromatic heterocycles. The van der Waals surface area contributed by atoms with Crippen LogP contribution in [0.25, 0.3) is 0 Å². The van der Waals surface area contributed by atoms with Crippen LogP contribution in [0.3, 0.4) is 0 Å². The number of thiophene rings is 1. The van der Waals surface area contributed by atoms with Gasteiger partial charge in [0.05, 0.1) is 11.7 Å². The Hall–Kier alpha value is -0.710. The molecule has 0 amide bonds. The third-order valence-corrected chi connectivity index (χ3v) is 3.91. The average Bonchev–Trinajstić information content (AvgIpc) is 2.69. The molecular formula is C12H13BrN2S. The van der Waals surface area contributed by atoms with Crippen molar-refractivity contribution in [1.82, 2.24) is 10.3 Å². The van der Waals surface area contributed by atoms with Crippen molar-refractivity contribution < 1.29 is 0 Å². The maximum absolute atomic E-state index is 4.43. The topological polar surface area (TPSA) is 24.9 Å². The average molecular weight is 297 g/mol. The van der Waals surface area contributed by atoms with Gasteiger partial charge in [0, 0.05) is 20.4 Å². The summed E-state index contributed by atoms with van der Waals surface area (Å²) in [5.74, 6) is 0. The fourth-order valence-corrected chi connectivity index (χ4v) is 2.84. The van der Waals surface area contributed by atoms with Crippen molar-refractivity contribution in [2.75, 3.05) is 7.05 Å². The molecule has 0 saturated carbocycles. The van der Waals surface area contributed by atoms with Crippen LogP contribution in [0, 0.1) is 6.92 Å². The molecule has 2 rings (SSSR count).